The first-order valence-corrected chi connectivity index (χ1v) is 6.99. The predicted octanol–water partition coefficient (Wildman–Crippen LogP) is 2.46. The van der Waals surface area contributed by atoms with E-state index < -0.39 is 0 Å². The highest BCUT2D eigenvalue weighted by Crippen LogP contribution is 2.24. The van der Waals surface area contributed by atoms with Gasteiger partial charge in [0.25, 0.3) is 0 Å². The molecule has 1 aromatic rings. The van der Waals surface area contributed by atoms with E-state index >= 15 is 0 Å². The zero-order valence-electron chi connectivity index (χ0n) is 11.9. The van der Waals surface area contributed by atoms with Crippen LogP contribution < -0.4 is 5.32 Å². The van der Waals surface area contributed by atoms with Crippen molar-refractivity contribution in [1.82, 2.24) is 15.2 Å². The minimum absolute atomic E-state index is 0.393. The SMILES string of the molecule is CC(C)C1CN(C(C)c2ccccn2)C(C)CN1. The van der Waals surface area contributed by atoms with Crippen molar-refractivity contribution < 1.29 is 0 Å². The lowest BCUT2D eigenvalue weighted by Gasteiger charge is -2.43. The van der Waals surface area contributed by atoms with E-state index in [9.17, 15) is 0 Å². The van der Waals surface area contributed by atoms with Crippen molar-refractivity contribution in [2.24, 2.45) is 5.92 Å². The van der Waals surface area contributed by atoms with E-state index in [1.54, 1.807) is 0 Å². The van der Waals surface area contributed by atoms with Crippen LogP contribution in [0.5, 0.6) is 0 Å². The Bertz CT molecular complexity index is 363. The lowest BCUT2D eigenvalue weighted by atomic mass is 9.98. The largest absolute Gasteiger partial charge is 0.311 e. The standard InChI is InChI=1S/C15H25N3/c1-11(2)15-10-18(12(3)9-17-15)13(4)14-7-5-6-8-16-14/h5-8,11-13,15,17H,9-10H2,1-4H3. The normalized spacial score (nSPS) is 27.4. The number of rotatable bonds is 3. The molecule has 1 fully saturated rings. The van der Waals surface area contributed by atoms with Crippen molar-refractivity contribution in [3.8, 4) is 0 Å². The highest BCUT2D eigenvalue weighted by molar-refractivity contribution is 5.09. The van der Waals surface area contributed by atoms with Crippen LogP contribution in [0.3, 0.4) is 0 Å². The van der Waals surface area contributed by atoms with Gasteiger partial charge in [-0.3, -0.25) is 9.88 Å². The molecule has 3 heteroatoms. The van der Waals surface area contributed by atoms with Gasteiger partial charge in [-0.15, -0.1) is 0 Å². The Morgan fingerprint density at radius 1 is 1.33 bits per heavy atom. The fourth-order valence-corrected chi connectivity index (χ4v) is 2.69. The van der Waals surface area contributed by atoms with E-state index in [4.69, 9.17) is 0 Å². The third-order valence-corrected chi connectivity index (χ3v) is 4.07. The van der Waals surface area contributed by atoms with Crippen LogP contribution in [0, 0.1) is 5.92 Å². The average molecular weight is 247 g/mol. The maximum absolute atomic E-state index is 4.50. The molecule has 0 saturated carbocycles. The van der Waals surface area contributed by atoms with Crippen molar-refractivity contribution >= 4 is 0 Å². The van der Waals surface area contributed by atoms with Crippen LogP contribution in [0.4, 0.5) is 0 Å². The summed E-state index contributed by atoms with van der Waals surface area (Å²) in [5.41, 5.74) is 1.17. The highest BCUT2D eigenvalue weighted by atomic mass is 15.3. The average Bonchev–Trinajstić information content (AvgIpc) is 2.39. The second kappa shape index (κ2) is 5.81. The van der Waals surface area contributed by atoms with Crippen molar-refractivity contribution in [3.05, 3.63) is 30.1 Å². The van der Waals surface area contributed by atoms with Crippen LogP contribution >= 0.6 is 0 Å². The van der Waals surface area contributed by atoms with Gasteiger partial charge in [-0.2, -0.15) is 0 Å². The highest BCUT2D eigenvalue weighted by Gasteiger charge is 2.30. The predicted molar refractivity (Wildman–Crippen MR) is 75.4 cm³/mol. The number of hydrogen-bond donors (Lipinski definition) is 1. The summed E-state index contributed by atoms with van der Waals surface area (Å²) in [6.45, 7) is 11.3. The molecule has 3 atom stereocenters. The first-order chi connectivity index (χ1) is 8.59. The zero-order chi connectivity index (χ0) is 13.1. The van der Waals surface area contributed by atoms with Gasteiger partial charge in [0.05, 0.1) is 5.69 Å². The molecule has 1 aliphatic rings. The fourth-order valence-electron chi connectivity index (χ4n) is 2.69. The number of nitrogens with one attached hydrogen (secondary N) is 1. The quantitative estimate of drug-likeness (QED) is 0.889. The molecule has 3 unspecified atom stereocenters. The molecule has 0 bridgehead atoms. The number of piperazine rings is 1. The van der Waals surface area contributed by atoms with Crippen LogP contribution in [0.25, 0.3) is 0 Å². The summed E-state index contributed by atoms with van der Waals surface area (Å²) in [5, 5.41) is 3.64. The van der Waals surface area contributed by atoms with Crippen LogP contribution in [0.15, 0.2) is 24.4 Å². The Morgan fingerprint density at radius 3 is 2.72 bits per heavy atom. The van der Waals surface area contributed by atoms with Gasteiger partial charge in [0.1, 0.15) is 0 Å². The Morgan fingerprint density at radius 2 is 2.11 bits per heavy atom. The molecule has 18 heavy (non-hydrogen) atoms. The van der Waals surface area contributed by atoms with Gasteiger partial charge in [0, 0.05) is 37.4 Å². The molecule has 3 nitrogen and oxygen atoms in total. The molecular weight excluding hydrogens is 222 g/mol. The molecule has 0 radical (unpaired) electrons. The molecule has 0 aliphatic carbocycles. The van der Waals surface area contributed by atoms with Crippen LogP contribution in [-0.2, 0) is 0 Å². The van der Waals surface area contributed by atoms with Gasteiger partial charge < -0.3 is 5.32 Å². The molecule has 1 N–H and O–H groups in total. The van der Waals surface area contributed by atoms with E-state index in [2.05, 4.69) is 55.0 Å². The molecule has 1 aromatic heterocycles. The second-order valence-corrected chi connectivity index (χ2v) is 5.74. The summed E-state index contributed by atoms with van der Waals surface area (Å²) in [7, 11) is 0. The van der Waals surface area contributed by atoms with Gasteiger partial charge in [-0.25, -0.2) is 0 Å². The molecule has 0 amide bonds. The van der Waals surface area contributed by atoms with Crippen molar-refractivity contribution in [1.29, 1.82) is 0 Å². The smallest absolute Gasteiger partial charge is 0.0572 e. The third-order valence-electron chi connectivity index (χ3n) is 4.07. The van der Waals surface area contributed by atoms with Gasteiger partial charge in [0.15, 0.2) is 0 Å². The maximum Gasteiger partial charge on any atom is 0.0572 e. The molecule has 1 saturated heterocycles. The molecule has 100 valence electrons. The maximum atomic E-state index is 4.50. The summed E-state index contributed by atoms with van der Waals surface area (Å²) in [6, 6.07) is 7.73. The number of hydrogen-bond acceptors (Lipinski definition) is 3. The van der Waals surface area contributed by atoms with E-state index in [0.717, 1.165) is 13.1 Å². The Kier molecular flexibility index (Phi) is 4.36. The van der Waals surface area contributed by atoms with Crippen molar-refractivity contribution in [3.63, 3.8) is 0 Å². The minimum atomic E-state index is 0.393. The number of pyridine rings is 1. The number of aromatic nitrogens is 1. The third kappa shape index (κ3) is 2.90. The Balaban J connectivity index is 2.10. The van der Waals surface area contributed by atoms with Gasteiger partial charge >= 0.3 is 0 Å². The Hall–Kier alpha value is -0.930. The second-order valence-electron chi connectivity index (χ2n) is 5.74. The number of nitrogens with zero attached hydrogens (tertiary/aromatic N) is 2. The molecule has 2 rings (SSSR count). The topological polar surface area (TPSA) is 28.2 Å². The fraction of sp³-hybridized carbons (Fsp3) is 0.667. The van der Waals surface area contributed by atoms with E-state index in [1.807, 2.05) is 12.3 Å². The summed E-state index contributed by atoms with van der Waals surface area (Å²) in [6.07, 6.45) is 1.89. The first kappa shape index (κ1) is 13.5. The molecule has 0 spiro atoms. The van der Waals surface area contributed by atoms with Crippen LogP contribution in [0.2, 0.25) is 0 Å². The van der Waals surface area contributed by atoms with Crippen molar-refractivity contribution in [2.45, 2.75) is 45.8 Å². The zero-order valence-corrected chi connectivity index (χ0v) is 11.9. The summed E-state index contributed by atoms with van der Waals surface area (Å²) in [5.74, 6) is 0.677. The molecule has 0 aromatic carbocycles. The lowest BCUT2D eigenvalue weighted by molar-refractivity contribution is 0.0834. The molecular formula is C15H25N3. The summed E-state index contributed by atoms with van der Waals surface area (Å²) >= 11 is 0. The monoisotopic (exact) mass is 247 g/mol. The first-order valence-electron chi connectivity index (χ1n) is 6.99. The van der Waals surface area contributed by atoms with Gasteiger partial charge in [-0.05, 0) is 31.9 Å². The van der Waals surface area contributed by atoms with E-state index in [0.29, 0.717) is 24.0 Å². The lowest BCUT2D eigenvalue weighted by Crippen LogP contribution is -2.57. The minimum Gasteiger partial charge on any atom is -0.311 e. The Labute approximate surface area is 111 Å². The molecule has 1 aliphatic heterocycles. The van der Waals surface area contributed by atoms with Gasteiger partial charge in [0.2, 0.25) is 0 Å². The van der Waals surface area contributed by atoms with Crippen molar-refractivity contribution in [2.75, 3.05) is 13.1 Å². The summed E-state index contributed by atoms with van der Waals surface area (Å²) < 4.78 is 0. The van der Waals surface area contributed by atoms with E-state index in [1.165, 1.54) is 5.69 Å². The van der Waals surface area contributed by atoms with Gasteiger partial charge in [-0.1, -0.05) is 19.9 Å². The molecule has 2 heterocycles. The summed E-state index contributed by atoms with van der Waals surface area (Å²) in [4.78, 5) is 7.07. The van der Waals surface area contributed by atoms with E-state index in [-0.39, 0.29) is 0 Å². The van der Waals surface area contributed by atoms with Crippen LogP contribution in [0.1, 0.15) is 39.4 Å². The van der Waals surface area contributed by atoms with Crippen LogP contribution in [-0.4, -0.2) is 35.1 Å².